The van der Waals surface area contributed by atoms with Gasteiger partial charge in [0.05, 0.1) is 17.1 Å². The summed E-state index contributed by atoms with van der Waals surface area (Å²) < 4.78 is 29.9. The van der Waals surface area contributed by atoms with E-state index in [-0.39, 0.29) is 10.3 Å². The van der Waals surface area contributed by atoms with Crippen LogP contribution < -0.4 is 4.72 Å². The van der Waals surface area contributed by atoms with Gasteiger partial charge in [-0.15, -0.1) is 0 Å². The maximum Gasteiger partial charge on any atom is 0.261 e. The molecule has 2 aromatic carbocycles. The Morgan fingerprint density at radius 2 is 1.57 bits per heavy atom. The van der Waals surface area contributed by atoms with Crippen molar-refractivity contribution in [3.63, 3.8) is 0 Å². The summed E-state index contributed by atoms with van der Waals surface area (Å²) in [6.07, 6.45) is 0. The van der Waals surface area contributed by atoms with Gasteiger partial charge < -0.3 is 0 Å². The predicted molar refractivity (Wildman–Crippen MR) is 113 cm³/mol. The molecule has 0 fully saturated rings. The summed E-state index contributed by atoms with van der Waals surface area (Å²) in [5.74, 6) is 0. The molecule has 6 heteroatoms. The number of sulfonamides is 1. The van der Waals surface area contributed by atoms with Gasteiger partial charge in [-0.2, -0.15) is 5.10 Å². The molecule has 0 atom stereocenters. The van der Waals surface area contributed by atoms with Crippen molar-refractivity contribution in [1.82, 2.24) is 9.78 Å². The molecule has 0 amide bonds. The van der Waals surface area contributed by atoms with Gasteiger partial charge in [0.25, 0.3) is 10.0 Å². The molecule has 5 nitrogen and oxygen atoms in total. The average Bonchev–Trinajstić information content (AvgIpc) is 2.93. The third kappa shape index (κ3) is 4.62. The monoisotopic (exact) mass is 397 g/mol. The van der Waals surface area contributed by atoms with Crippen molar-refractivity contribution < 1.29 is 8.42 Å². The number of aryl methyl sites for hydroxylation is 2. The Labute approximate surface area is 167 Å². The fourth-order valence-electron chi connectivity index (χ4n) is 3.03. The molecule has 3 aromatic rings. The van der Waals surface area contributed by atoms with Gasteiger partial charge in [0.2, 0.25) is 0 Å². The maximum atomic E-state index is 12.7. The first-order chi connectivity index (χ1) is 13.0. The first-order valence-electron chi connectivity index (χ1n) is 9.28. The Kier molecular flexibility index (Phi) is 5.35. The van der Waals surface area contributed by atoms with Crippen molar-refractivity contribution in [2.75, 3.05) is 4.72 Å². The molecule has 0 aliphatic carbocycles. The number of benzene rings is 2. The van der Waals surface area contributed by atoms with Crippen LogP contribution in [0.3, 0.4) is 0 Å². The molecule has 3 rings (SSSR count). The molecule has 0 radical (unpaired) electrons. The minimum Gasteiger partial charge on any atom is -0.280 e. The van der Waals surface area contributed by atoms with E-state index in [1.165, 1.54) is 0 Å². The molecule has 1 aromatic heterocycles. The predicted octanol–water partition coefficient (Wildman–Crippen LogP) is 4.65. The third-order valence-corrected chi connectivity index (χ3v) is 6.07. The van der Waals surface area contributed by atoms with Gasteiger partial charge in [-0.3, -0.25) is 9.40 Å². The Balaban J connectivity index is 1.73. The second-order valence-electron chi connectivity index (χ2n) is 8.16. The van der Waals surface area contributed by atoms with Crippen LogP contribution in [0.5, 0.6) is 0 Å². The lowest BCUT2D eigenvalue weighted by molar-refractivity contribution is 0.587. The maximum absolute atomic E-state index is 12.7. The summed E-state index contributed by atoms with van der Waals surface area (Å²) in [4.78, 5) is 0.257. The second-order valence-corrected chi connectivity index (χ2v) is 9.84. The Morgan fingerprint density at radius 1 is 0.964 bits per heavy atom. The van der Waals surface area contributed by atoms with Crippen molar-refractivity contribution in [2.45, 2.75) is 51.5 Å². The topological polar surface area (TPSA) is 64.0 Å². The van der Waals surface area contributed by atoms with Gasteiger partial charge in [-0.25, -0.2) is 8.42 Å². The van der Waals surface area contributed by atoms with E-state index in [1.807, 2.05) is 48.9 Å². The van der Waals surface area contributed by atoms with Gasteiger partial charge in [0.15, 0.2) is 0 Å². The number of nitrogens with one attached hydrogen (secondary N) is 1. The summed E-state index contributed by atoms with van der Waals surface area (Å²) in [5, 5.41) is 4.46. The normalized spacial score (nSPS) is 12.2. The third-order valence-electron chi connectivity index (χ3n) is 4.67. The number of hydrogen-bond acceptors (Lipinski definition) is 3. The van der Waals surface area contributed by atoms with Crippen molar-refractivity contribution in [3.05, 3.63) is 77.1 Å². The molecular weight excluding hydrogens is 370 g/mol. The van der Waals surface area contributed by atoms with Crippen molar-refractivity contribution in [3.8, 4) is 0 Å². The Morgan fingerprint density at radius 3 is 2.07 bits per heavy atom. The summed E-state index contributed by atoms with van der Waals surface area (Å²) in [7, 11) is -3.62. The van der Waals surface area contributed by atoms with Crippen molar-refractivity contribution >= 4 is 15.7 Å². The first-order valence-corrected chi connectivity index (χ1v) is 10.8. The highest BCUT2D eigenvalue weighted by Crippen LogP contribution is 2.24. The highest BCUT2D eigenvalue weighted by atomic mass is 32.2. The van der Waals surface area contributed by atoms with Crippen LogP contribution in [-0.4, -0.2) is 18.2 Å². The first kappa shape index (κ1) is 20.1. The van der Waals surface area contributed by atoms with Crippen molar-refractivity contribution in [2.24, 2.45) is 0 Å². The highest BCUT2D eigenvalue weighted by molar-refractivity contribution is 7.92. The standard InChI is InChI=1S/C22H27N3O2S/c1-16-14-17(2)25(23-16)15-18-6-10-20(11-7-18)24-28(26,27)21-12-8-19(9-13-21)22(3,4)5/h6-14,24H,15H2,1-5H3. The zero-order valence-corrected chi connectivity index (χ0v) is 17.8. The van der Waals surface area contributed by atoms with E-state index < -0.39 is 10.0 Å². The van der Waals surface area contributed by atoms with E-state index in [1.54, 1.807) is 24.3 Å². The van der Waals surface area contributed by atoms with Crippen LogP contribution in [0.4, 0.5) is 5.69 Å². The summed E-state index contributed by atoms with van der Waals surface area (Å²) in [6.45, 7) is 10.9. The number of anilines is 1. The highest BCUT2D eigenvalue weighted by Gasteiger charge is 2.17. The van der Waals surface area contributed by atoms with Gasteiger partial charge in [-0.05, 0) is 60.7 Å². The molecule has 0 saturated heterocycles. The minimum atomic E-state index is -3.62. The van der Waals surface area contributed by atoms with Crippen molar-refractivity contribution in [1.29, 1.82) is 0 Å². The van der Waals surface area contributed by atoms with Gasteiger partial charge >= 0.3 is 0 Å². The number of hydrogen-bond donors (Lipinski definition) is 1. The molecule has 0 saturated carbocycles. The van der Waals surface area contributed by atoms with E-state index in [4.69, 9.17) is 0 Å². The van der Waals surface area contributed by atoms with Crippen LogP contribution in [0.25, 0.3) is 0 Å². The average molecular weight is 398 g/mol. The fraction of sp³-hybridized carbons (Fsp3) is 0.318. The largest absolute Gasteiger partial charge is 0.280 e. The summed E-state index contributed by atoms with van der Waals surface area (Å²) >= 11 is 0. The lowest BCUT2D eigenvalue weighted by Crippen LogP contribution is -2.15. The quantitative estimate of drug-likeness (QED) is 0.682. The van der Waals surface area contributed by atoms with E-state index in [0.717, 1.165) is 22.5 Å². The minimum absolute atomic E-state index is 0.0168. The van der Waals surface area contributed by atoms with Crippen LogP contribution in [0.1, 0.15) is 43.3 Å². The summed E-state index contributed by atoms with van der Waals surface area (Å²) in [6, 6.07) is 16.5. The number of aromatic nitrogens is 2. The van der Waals surface area contributed by atoms with Crippen LogP contribution >= 0.6 is 0 Å². The van der Waals surface area contributed by atoms with E-state index in [0.29, 0.717) is 12.2 Å². The molecule has 0 spiro atoms. The molecule has 0 aliphatic rings. The molecule has 0 aliphatic heterocycles. The SMILES string of the molecule is Cc1cc(C)n(Cc2ccc(NS(=O)(=O)c3ccc(C(C)(C)C)cc3)cc2)n1. The number of nitrogens with zero attached hydrogens (tertiary/aromatic N) is 2. The second kappa shape index (κ2) is 7.43. The summed E-state index contributed by atoms with van der Waals surface area (Å²) in [5.41, 5.74) is 4.76. The zero-order valence-electron chi connectivity index (χ0n) is 17.0. The van der Waals surface area contributed by atoms with Gasteiger partial charge in [0.1, 0.15) is 0 Å². The lowest BCUT2D eigenvalue weighted by atomic mass is 9.87. The molecule has 0 bridgehead atoms. The van der Waals surface area contributed by atoms with Crippen LogP contribution in [0.15, 0.2) is 59.5 Å². The van der Waals surface area contributed by atoms with E-state index in [2.05, 4.69) is 30.6 Å². The van der Waals surface area contributed by atoms with Crippen LogP contribution in [0, 0.1) is 13.8 Å². The van der Waals surface area contributed by atoms with Crippen LogP contribution in [0.2, 0.25) is 0 Å². The molecule has 1 heterocycles. The molecule has 0 unspecified atom stereocenters. The lowest BCUT2D eigenvalue weighted by Gasteiger charge is -2.19. The van der Waals surface area contributed by atoms with E-state index >= 15 is 0 Å². The van der Waals surface area contributed by atoms with Crippen LogP contribution in [-0.2, 0) is 22.0 Å². The van der Waals surface area contributed by atoms with Gasteiger partial charge in [-0.1, -0.05) is 45.0 Å². The smallest absolute Gasteiger partial charge is 0.261 e. The van der Waals surface area contributed by atoms with Gasteiger partial charge in [0, 0.05) is 11.4 Å². The van der Waals surface area contributed by atoms with E-state index in [9.17, 15) is 8.42 Å². The Hall–Kier alpha value is -2.60. The molecule has 1 N–H and O–H groups in total. The molecule has 148 valence electrons. The molecular formula is C22H27N3O2S. The number of rotatable bonds is 5. The zero-order chi connectivity index (χ0) is 20.5. The fourth-order valence-corrected chi connectivity index (χ4v) is 4.09. The molecule has 28 heavy (non-hydrogen) atoms. The Bertz CT molecular complexity index is 1060.